The van der Waals surface area contributed by atoms with E-state index >= 15 is 0 Å². The van der Waals surface area contributed by atoms with Gasteiger partial charge in [0.1, 0.15) is 30.2 Å². The van der Waals surface area contributed by atoms with Gasteiger partial charge in [0.25, 0.3) is 0 Å². The molecule has 5 rings (SSSR count). The molecule has 5 amide bonds. The van der Waals surface area contributed by atoms with Gasteiger partial charge in [-0.15, -0.1) is 0 Å². The van der Waals surface area contributed by atoms with Gasteiger partial charge in [-0.05, 0) is 18.1 Å². The largest absolute Gasteiger partial charge is 0.480 e. The quantitative estimate of drug-likeness (QED) is 0.0619. The number of carboxylic acids is 1. The zero-order valence-electron chi connectivity index (χ0n) is 26.1. The normalized spacial score (nSPS) is 16.6. The first kappa shape index (κ1) is 34.3. The molecule has 1 aliphatic rings. The molecule has 1 fully saturated rings. The number of aromatic nitrogens is 5. The number of H-pyrrole nitrogens is 3. The lowest BCUT2D eigenvalue weighted by atomic mass is 10.0. The minimum Gasteiger partial charge on any atom is -0.480 e. The van der Waals surface area contributed by atoms with Crippen LogP contribution >= 0.6 is 0 Å². The molecule has 49 heavy (non-hydrogen) atoms. The monoisotopic (exact) mass is 676 g/mol. The number of imidazole rings is 2. The molecule has 0 bridgehead atoms. The van der Waals surface area contributed by atoms with Gasteiger partial charge in [-0.25, -0.2) is 14.8 Å². The number of aromatic amines is 3. The molecule has 18 heteroatoms. The van der Waals surface area contributed by atoms with Gasteiger partial charge in [-0.1, -0.05) is 18.2 Å². The maximum Gasteiger partial charge on any atom is 0.326 e. The highest BCUT2D eigenvalue weighted by molar-refractivity contribution is 5.97. The fourth-order valence-corrected chi connectivity index (χ4v) is 5.47. The number of carbonyl (C=O) groups excluding carboxylic acids is 5. The van der Waals surface area contributed by atoms with Crippen molar-refractivity contribution in [2.45, 2.75) is 62.3 Å². The van der Waals surface area contributed by atoms with Crippen LogP contribution < -0.4 is 26.6 Å². The number of carboxylic acid groups (broad SMARTS) is 1. The Labute approximate surface area is 278 Å². The summed E-state index contributed by atoms with van der Waals surface area (Å²) in [5.41, 5.74) is 2.37. The van der Waals surface area contributed by atoms with E-state index in [-0.39, 0.29) is 38.0 Å². The topological polar surface area (TPSA) is 276 Å². The second kappa shape index (κ2) is 15.7. The van der Waals surface area contributed by atoms with Gasteiger partial charge in [0.05, 0.1) is 19.3 Å². The molecule has 10 N–H and O–H groups in total. The number of rotatable bonds is 16. The number of aliphatic hydroxyl groups is 1. The smallest absolute Gasteiger partial charge is 0.326 e. The van der Waals surface area contributed by atoms with Crippen molar-refractivity contribution in [2.75, 3.05) is 6.61 Å². The maximum atomic E-state index is 13.8. The standard InChI is InChI=1S/C31H36N10O8/c42-13-25(30(47)40-24(31(48)49)9-18-12-33-15-36-18)41-28(45)22(7-16-10-34-20-4-2-1-3-19(16)20)38-29(46)23(8-17-11-32-14-35-17)39-27(44)21-5-6-26(43)37-21/h1-4,10-12,14-15,21-25,34,42H,5-9,13H2,(H,32,35)(H,33,36)(H,37,43)(H,38,46)(H,39,44)(H,40,47)(H,41,45)(H,48,49)/t21-,22-,23-,24-,25-/m0/s1. The van der Waals surface area contributed by atoms with Crippen molar-refractivity contribution in [3.8, 4) is 0 Å². The number of carbonyl (C=O) groups is 6. The van der Waals surface area contributed by atoms with Crippen LogP contribution in [-0.2, 0) is 48.0 Å². The van der Waals surface area contributed by atoms with E-state index < -0.39 is 66.4 Å². The van der Waals surface area contributed by atoms with Gasteiger partial charge >= 0.3 is 5.97 Å². The van der Waals surface area contributed by atoms with E-state index in [0.717, 1.165) is 10.9 Å². The van der Waals surface area contributed by atoms with Crippen molar-refractivity contribution in [3.05, 3.63) is 72.5 Å². The predicted octanol–water partition coefficient (Wildman–Crippen LogP) is -2.06. The average molecular weight is 677 g/mol. The van der Waals surface area contributed by atoms with Crippen LogP contribution in [-0.4, -0.2) is 107 Å². The van der Waals surface area contributed by atoms with E-state index in [1.807, 2.05) is 18.2 Å². The van der Waals surface area contributed by atoms with Crippen molar-refractivity contribution < 1.29 is 39.0 Å². The van der Waals surface area contributed by atoms with Gasteiger partial charge < -0.3 is 51.7 Å². The number of aliphatic carboxylic acids is 1. The van der Waals surface area contributed by atoms with Crippen molar-refractivity contribution in [3.63, 3.8) is 0 Å². The highest BCUT2D eigenvalue weighted by Gasteiger charge is 2.34. The first-order valence-electron chi connectivity index (χ1n) is 15.4. The molecular weight excluding hydrogens is 640 g/mol. The molecule has 1 aliphatic heterocycles. The van der Waals surface area contributed by atoms with Crippen molar-refractivity contribution in [1.82, 2.24) is 51.5 Å². The molecule has 4 aromatic rings. The molecule has 5 atom stereocenters. The number of hydrogen-bond donors (Lipinski definition) is 10. The summed E-state index contributed by atoms with van der Waals surface area (Å²) in [6.07, 6.45) is 7.48. The first-order chi connectivity index (χ1) is 23.6. The number of para-hydroxylation sites is 1. The average Bonchev–Trinajstić information content (AvgIpc) is 3.92. The summed E-state index contributed by atoms with van der Waals surface area (Å²) in [5.74, 6) is -4.79. The van der Waals surface area contributed by atoms with E-state index in [9.17, 15) is 39.0 Å². The van der Waals surface area contributed by atoms with E-state index in [4.69, 9.17) is 0 Å². The number of benzene rings is 1. The van der Waals surface area contributed by atoms with Crippen LogP contribution in [0.5, 0.6) is 0 Å². The Morgan fingerprint density at radius 2 is 1.39 bits per heavy atom. The highest BCUT2D eigenvalue weighted by atomic mass is 16.4. The third-order valence-electron chi connectivity index (χ3n) is 8.06. The third-order valence-corrected chi connectivity index (χ3v) is 8.06. The Kier molecular flexibility index (Phi) is 11.0. The second-order valence-electron chi connectivity index (χ2n) is 11.5. The van der Waals surface area contributed by atoms with Crippen molar-refractivity contribution in [1.29, 1.82) is 0 Å². The van der Waals surface area contributed by atoms with Gasteiger partial charge in [0, 0.05) is 66.6 Å². The van der Waals surface area contributed by atoms with Crippen LogP contribution in [0.25, 0.3) is 10.9 Å². The van der Waals surface area contributed by atoms with E-state index in [2.05, 4.69) is 51.5 Å². The van der Waals surface area contributed by atoms with Crippen LogP contribution in [0.15, 0.2) is 55.5 Å². The van der Waals surface area contributed by atoms with Crippen LogP contribution in [0.4, 0.5) is 0 Å². The van der Waals surface area contributed by atoms with E-state index in [1.54, 1.807) is 12.3 Å². The van der Waals surface area contributed by atoms with Crippen molar-refractivity contribution >= 4 is 46.4 Å². The minimum atomic E-state index is -1.58. The van der Waals surface area contributed by atoms with E-state index in [0.29, 0.717) is 17.0 Å². The number of amides is 5. The Balaban J connectivity index is 1.35. The summed E-state index contributed by atoms with van der Waals surface area (Å²) in [6, 6.07) is 0.929. The molecular formula is C31H36N10O8. The van der Waals surface area contributed by atoms with Crippen LogP contribution in [0, 0.1) is 0 Å². The van der Waals surface area contributed by atoms with Gasteiger partial charge in [-0.2, -0.15) is 0 Å². The SMILES string of the molecule is O=C1CC[C@@H](C(=O)N[C@@H](Cc2cnc[nH]2)C(=O)N[C@@H](Cc2c[nH]c3ccccc23)C(=O)N[C@@H](CO)C(=O)N[C@@H](Cc2cnc[nH]2)C(=O)O)N1. The molecule has 258 valence electrons. The summed E-state index contributed by atoms with van der Waals surface area (Å²) in [4.78, 5) is 93.8. The van der Waals surface area contributed by atoms with Gasteiger partial charge in [0.15, 0.2) is 0 Å². The van der Waals surface area contributed by atoms with Crippen LogP contribution in [0.2, 0.25) is 0 Å². The summed E-state index contributed by atoms with van der Waals surface area (Å²) >= 11 is 0. The Bertz CT molecular complexity index is 1790. The molecule has 0 unspecified atom stereocenters. The number of fused-ring (bicyclic) bond motifs is 1. The number of nitrogens with zero attached hydrogens (tertiary/aromatic N) is 2. The number of hydrogen-bond acceptors (Lipinski definition) is 9. The molecule has 3 aromatic heterocycles. The lowest BCUT2D eigenvalue weighted by Crippen LogP contribution is -2.60. The Morgan fingerprint density at radius 1 is 0.796 bits per heavy atom. The molecule has 1 aromatic carbocycles. The molecule has 0 radical (unpaired) electrons. The van der Waals surface area contributed by atoms with Gasteiger partial charge in [0.2, 0.25) is 29.5 Å². The second-order valence-corrected chi connectivity index (χ2v) is 11.5. The highest BCUT2D eigenvalue weighted by Crippen LogP contribution is 2.19. The molecule has 0 saturated carbocycles. The van der Waals surface area contributed by atoms with E-state index in [1.165, 1.54) is 25.0 Å². The lowest BCUT2D eigenvalue weighted by molar-refractivity contribution is -0.142. The molecule has 1 saturated heterocycles. The Morgan fingerprint density at radius 3 is 1.98 bits per heavy atom. The number of aliphatic hydroxyl groups excluding tert-OH is 1. The lowest BCUT2D eigenvalue weighted by Gasteiger charge is -2.26. The summed E-state index contributed by atoms with van der Waals surface area (Å²) in [5, 5.41) is 33.1. The summed E-state index contributed by atoms with van der Waals surface area (Å²) in [7, 11) is 0. The fraction of sp³-hybridized carbons (Fsp3) is 0.355. The first-order valence-corrected chi connectivity index (χ1v) is 15.4. The summed E-state index contributed by atoms with van der Waals surface area (Å²) < 4.78 is 0. The Hall–Kier alpha value is -6.04. The van der Waals surface area contributed by atoms with Crippen LogP contribution in [0.3, 0.4) is 0 Å². The number of nitrogens with one attached hydrogen (secondary N) is 8. The molecule has 0 spiro atoms. The summed E-state index contributed by atoms with van der Waals surface area (Å²) in [6.45, 7) is -0.882. The molecule has 18 nitrogen and oxygen atoms in total. The predicted molar refractivity (Wildman–Crippen MR) is 170 cm³/mol. The zero-order chi connectivity index (χ0) is 34.9. The molecule has 4 heterocycles. The zero-order valence-corrected chi connectivity index (χ0v) is 26.1. The van der Waals surface area contributed by atoms with Gasteiger partial charge in [-0.3, -0.25) is 24.0 Å². The maximum absolute atomic E-state index is 13.8. The van der Waals surface area contributed by atoms with Crippen LogP contribution in [0.1, 0.15) is 29.8 Å². The molecule has 0 aliphatic carbocycles. The third kappa shape index (κ3) is 8.86. The fourth-order valence-electron chi connectivity index (χ4n) is 5.47. The minimum absolute atomic E-state index is 0.0335. The van der Waals surface area contributed by atoms with Crippen molar-refractivity contribution in [2.24, 2.45) is 0 Å².